The van der Waals surface area contributed by atoms with Gasteiger partial charge in [0.15, 0.2) is 0 Å². The van der Waals surface area contributed by atoms with Gasteiger partial charge in [0, 0.05) is 11.8 Å². The highest BCUT2D eigenvalue weighted by Gasteiger charge is 2.27. The van der Waals surface area contributed by atoms with E-state index < -0.39 is 0 Å². The lowest BCUT2D eigenvalue weighted by Crippen LogP contribution is -2.30. The molecule has 0 amide bonds. The SMILES string of the molecule is CCC(CO)Oc1cc(C)nc2c1COCN2c1c(C)cc(C)cc1C. The molecule has 0 saturated carbocycles. The molecule has 0 saturated heterocycles. The summed E-state index contributed by atoms with van der Waals surface area (Å²) in [5.74, 6) is 1.63. The average Bonchev–Trinajstić information content (AvgIpc) is 2.59. The monoisotopic (exact) mass is 356 g/mol. The first kappa shape index (κ1) is 18.7. The second kappa shape index (κ2) is 7.64. The van der Waals surface area contributed by atoms with Crippen molar-refractivity contribution in [1.29, 1.82) is 0 Å². The van der Waals surface area contributed by atoms with Gasteiger partial charge in [-0.25, -0.2) is 4.98 Å². The molecule has 1 aromatic carbocycles. The number of aliphatic hydroxyl groups is 1. The second-order valence-corrected chi connectivity index (χ2v) is 7.05. The van der Waals surface area contributed by atoms with Gasteiger partial charge in [0.25, 0.3) is 0 Å². The zero-order valence-corrected chi connectivity index (χ0v) is 16.3. The Morgan fingerprint density at radius 1 is 1.19 bits per heavy atom. The summed E-state index contributed by atoms with van der Waals surface area (Å²) in [6.45, 7) is 11.2. The molecule has 0 spiro atoms. The number of aliphatic hydroxyl groups excluding tert-OH is 1. The molecular weight excluding hydrogens is 328 g/mol. The van der Waals surface area contributed by atoms with Gasteiger partial charge in [0.05, 0.1) is 24.5 Å². The van der Waals surface area contributed by atoms with Crippen molar-refractivity contribution in [3.8, 4) is 5.75 Å². The van der Waals surface area contributed by atoms with Gasteiger partial charge in [-0.3, -0.25) is 0 Å². The Bertz CT molecular complexity index is 777. The van der Waals surface area contributed by atoms with E-state index >= 15 is 0 Å². The van der Waals surface area contributed by atoms with Crippen LogP contribution in [0.5, 0.6) is 5.75 Å². The Balaban J connectivity index is 2.09. The normalized spacial score (nSPS) is 14.9. The predicted octanol–water partition coefficient (Wildman–Crippen LogP) is 4.09. The van der Waals surface area contributed by atoms with E-state index in [1.54, 1.807) is 0 Å². The number of aromatic nitrogens is 1. The fraction of sp³-hybridized carbons (Fsp3) is 0.476. The number of fused-ring (bicyclic) bond motifs is 1. The van der Waals surface area contributed by atoms with Gasteiger partial charge in [0.2, 0.25) is 0 Å². The number of aryl methyl sites for hydroxylation is 4. The summed E-state index contributed by atoms with van der Waals surface area (Å²) in [5, 5.41) is 9.51. The molecule has 1 unspecified atom stereocenters. The lowest BCUT2D eigenvalue weighted by molar-refractivity contribution is 0.0941. The number of anilines is 2. The van der Waals surface area contributed by atoms with E-state index in [-0.39, 0.29) is 12.7 Å². The minimum absolute atomic E-state index is 0.00655. The third-order valence-electron chi connectivity index (χ3n) is 4.77. The number of ether oxygens (including phenoxy) is 2. The van der Waals surface area contributed by atoms with Crippen molar-refractivity contribution in [2.24, 2.45) is 0 Å². The molecule has 1 aliphatic rings. The molecule has 5 nitrogen and oxygen atoms in total. The van der Waals surface area contributed by atoms with Crippen molar-refractivity contribution in [3.63, 3.8) is 0 Å². The summed E-state index contributed by atoms with van der Waals surface area (Å²) >= 11 is 0. The van der Waals surface area contributed by atoms with Crippen LogP contribution in [0.4, 0.5) is 11.5 Å². The molecule has 26 heavy (non-hydrogen) atoms. The summed E-state index contributed by atoms with van der Waals surface area (Å²) in [6.07, 6.45) is 0.520. The maximum Gasteiger partial charge on any atom is 0.144 e. The van der Waals surface area contributed by atoms with Gasteiger partial charge >= 0.3 is 0 Å². The van der Waals surface area contributed by atoms with Crippen LogP contribution in [0.1, 0.15) is 41.3 Å². The van der Waals surface area contributed by atoms with Crippen LogP contribution in [-0.4, -0.2) is 29.5 Å². The summed E-state index contributed by atoms with van der Waals surface area (Å²) < 4.78 is 11.9. The fourth-order valence-electron chi connectivity index (χ4n) is 3.62. The minimum Gasteiger partial charge on any atom is -0.487 e. The van der Waals surface area contributed by atoms with Crippen molar-refractivity contribution in [2.75, 3.05) is 18.2 Å². The summed E-state index contributed by atoms with van der Waals surface area (Å²) in [4.78, 5) is 6.93. The highest BCUT2D eigenvalue weighted by atomic mass is 16.5. The van der Waals surface area contributed by atoms with Gasteiger partial charge in [-0.1, -0.05) is 24.6 Å². The number of benzene rings is 1. The van der Waals surface area contributed by atoms with Crippen LogP contribution < -0.4 is 9.64 Å². The van der Waals surface area contributed by atoms with Gasteiger partial charge in [-0.15, -0.1) is 0 Å². The first-order chi connectivity index (χ1) is 12.4. The third-order valence-corrected chi connectivity index (χ3v) is 4.77. The van der Waals surface area contributed by atoms with Crippen LogP contribution in [0.3, 0.4) is 0 Å². The predicted molar refractivity (Wildman–Crippen MR) is 103 cm³/mol. The molecule has 0 bridgehead atoms. The van der Waals surface area contributed by atoms with E-state index in [4.69, 9.17) is 14.5 Å². The van der Waals surface area contributed by atoms with E-state index in [0.29, 0.717) is 13.3 Å². The van der Waals surface area contributed by atoms with Crippen LogP contribution in [-0.2, 0) is 11.3 Å². The third kappa shape index (κ3) is 3.55. The molecule has 1 atom stereocenters. The maximum absolute atomic E-state index is 9.51. The molecule has 1 aromatic heterocycles. The number of nitrogens with zero attached hydrogens (tertiary/aromatic N) is 2. The quantitative estimate of drug-likeness (QED) is 0.874. The average molecular weight is 356 g/mol. The lowest BCUT2D eigenvalue weighted by atomic mass is 10.0. The molecule has 2 aromatic rings. The van der Waals surface area contributed by atoms with Crippen molar-refractivity contribution in [2.45, 2.75) is 53.8 Å². The van der Waals surface area contributed by atoms with Crippen molar-refractivity contribution < 1.29 is 14.6 Å². The summed E-state index contributed by atoms with van der Waals surface area (Å²) in [5.41, 5.74) is 6.61. The second-order valence-electron chi connectivity index (χ2n) is 7.05. The van der Waals surface area contributed by atoms with Crippen molar-refractivity contribution in [3.05, 3.63) is 46.1 Å². The maximum atomic E-state index is 9.51. The Kier molecular flexibility index (Phi) is 5.49. The molecule has 140 valence electrons. The molecule has 0 fully saturated rings. The highest BCUT2D eigenvalue weighted by Crippen LogP contribution is 2.39. The van der Waals surface area contributed by atoms with E-state index in [1.807, 2.05) is 19.9 Å². The molecule has 0 aliphatic carbocycles. The Morgan fingerprint density at radius 2 is 1.88 bits per heavy atom. The topological polar surface area (TPSA) is 54.8 Å². The van der Waals surface area contributed by atoms with E-state index in [1.165, 1.54) is 16.7 Å². The van der Waals surface area contributed by atoms with Crippen molar-refractivity contribution >= 4 is 11.5 Å². The highest BCUT2D eigenvalue weighted by molar-refractivity contribution is 5.71. The van der Waals surface area contributed by atoms with Gasteiger partial charge in [-0.05, 0) is 45.2 Å². The van der Waals surface area contributed by atoms with E-state index in [2.05, 4.69) is 37.8 Å². The molecule has 1 N–H and O–H groups in total. The van der Waals surface area contributed by atoms with Crippen LogP contribution >= 0.6 is 0 Å². The lowest BCUT2D eigenvalue weighted by Gasteiger charge is -2.34. The number of rotatable bonds is 5. The van der Waals surface area contributed by atoms with Crippen LogP contribution in [0, 0.1) is 27.7 Å². The number of hydrogen-bond acceptors (Lipinski definition) is 5. The molecule has 0 radical (unpaired) electrons. The van der Waals surface area contributed by atoms with Crippen LogP contribution in [0.15, 0.2) is 18.2 Å². The zero-order chi connectivity index (χ0) is 18.8. The number of hydrogen-bond donors (Lipinski definition) is 1. The standard InChI is InChI=1S/C21H28N2O3/c1-6-17(10-24)26-19-9-16(5)22-21-18(19)11-25-12-23(21)20-14(3)7-13(2)8-15(20)4/h7-9,17,24H,6,10-12H2,1-5H3. The zero-order valence-electron chi connectivity index (χ0n) is 16.3. The molecule has 5 heteroatoms. The fourth-order valence-corrected chi connectivity index (χ4v) is 3.62. The van der Waals surface area contributed by atoms with Crippen molar-refractivity contribution in [1.82, 2.24) is 4.98 Å². The summed E-state index contributed by atoms with van der Waals surface area (Å²) in [7, 11) is 0. The molecular formula is C21H28N2O3. The Labute approximate surface area is 155 Å². The molecule has 3 rings (SSSR count). The Hall–Kier alpha value is -2.11. The first-order valence-electron chi connectivity index (χ1n) is 9.15. The minimum atomic E-state index is -0.223. The van der Waals surface area contributed by atoms with Gasteiger partial charge in [0.1, 0.15) is 24.4 Å². The largest absolute Gasteiger partial charge is 0.487 e. The smallest absolute Gasteiger partial charge is 0.144 e. The van der Waals surface area contributed by atoms with E-state index in [9.17, 15) is 5.11 Å². The Morgan fingerprint density at radius 3 is 2.50 bits per heavy atom. The number of pyridine rings is 1. The molecule has 1 aliphatic heterocycles. The summed E-state index contributed by atoms with van der Waals surface area (Å²) in [6, 6.07) is 6.30. The van der Waals surface area contributed by atoms with Crippen LogP contribution in [0.2, 0.25) is 0 Å². The van der Waals surface area contributed by atoms with E-state index in [0.717, 1.165) is 34.9 Å². The van der Waals surface area contributed by atoms with Gasteiger partial charge in [-0.2, -0.15) is 0 Å². The van der Waals surface area contributed by atoms with Gasteiger partial charge < -0.3 is 19.5 Å². The van der Waals surface area contributed by atoms with Crippen LogP contribution in [0.25, 0.3) is 0 Å². The molecule has 2 heterocycles. The first-order valence-corrected chi connectivity index (χ1v) is 9.15.